The van der Waals surface area contributed by atoms with Crippen LogP contribution in [0.4, 0.5) is 31.1 Å². The Labute approximate surface area is 145 Å². The Morgan fingerprint density at radius 1 is 1.00 bits per heavy atom. The molecule has 7 nitrogen and oxygen atoms in total. The summed E-state index contributed by atoms with van der Waals surface area (Å²) in [4.78, 5) is 34.1. The van der Waals surface area contributed by atoms with Crippen LogP contribution in [0.1, 0.15) is 20.8 Å². The van der Waals surface area contributed by atoms with E-state index >= 15 is 0 Å². The molecule has 1 radical (unpaired) electrons. The van der Waals surface area contributed by atoms with Gasteiger partial charge in [0.2, 0.25) is 0 Å². The highest BCUT2D eigenvalue weighted by Crippen LogP contribution is 2.16. The molecule has 0 heterocycles. The van der Waals surface area contributed by atoms with Crippen LogP contribution >= 0.6 is 0 Å². The molecule has 151 valence electrons. The third-order valence-corrected chi connectivity index (χ3v) is 2.46. The van der Waals surface area contributed by atoms with Gasteiger partial charge in [0.05, 0.1) is 0 Å². The number of nitrogens with one attached hydrogen (secondary N) is 2. The van der Waals surface area contributed by atoms with Crippen molar-refractivity contribution < 1.29 is 45.5 Å². The van der Waals surface area contributed by atoms with Crippen molar-refractivity contribution in [3.63, 3.8) is 0 Å². The molecular formula is C13H18F6N3O4. The lowest BCUT2D eigenvalue weighted by Crippen LogP contribution is -2.55. The van der Waals surface area contributed by atoms with Crippen LogP contribution in [0.2, 0.25) is 0 Å². The van der Waals surface area contributed by atoms with E-state index in [9.17, 15) is 40.7 Å². The number of alkyl halides is 6. The number of hydrogen-bond acceptors (Lipinski definition) is 4. The summed E-state index contributed by atoms with van der Waals surface area (Å²) in [6.07, 6.45) is -13.5. The number of hydrogen-bond donors (Lipinski definition) is 2. The number of carbonyl (C=O) groups is 3. The predicted molar refractivity (Wildman–Crippen MR) is 75.3 cm³/mol. The summed E-state index contributed by atoms with van der Waals surface area (Å²) in [6, 6.07) is 0. The number of halogens is 6. The van der Waals surface area contributed by atoms with Crippen LogP contribution in [0.3, 0.4) is 0 Å². The maximum absolute atomic E-state index is 12.3. The Hall–Kier alpha value is -2.21. The Morgan fingerprint density at radius 3 is 1.85 bits per heavy atom. The lowest BCUT2D eigenvalue weighted by molar-refractivity contribution is -0.175. The Morgan fingerprint density at radius 2 is 1.46 bits per heavy atom. The Kier molecular flexibility index (Phi) is 7.73. The molecular weight excluding hydrogens is 376 g/mol. The van der Waals surface area contributed by atoms with Crippen LogP contribution in [0.25, 0.3) is 0 Å². The topological polar surface area (TPSA) is 87.7 Å². The van der Waals surface area contributed by atoms with Crippen molar-refractivity contribution in [2.75, 3.05) is 13.1 Å². The van der Waals surface area contributed by atoms with Crippen LogP contribution < -0.4 is 10.6 Å². The van der Waals surface area contributed by atoms with E-state index in [2.05, 4.69) is 6.92 Å². The predicted octanol–water partition coefficient (Wildman–Crippen LogP) is 1.74. The van der Waals surface area contributed by atoms with Gasteiger partial charge in [-0.3, -0.25) is 14.5 Å². The first-order chi connectivity index (χ1) is 11.4. The molecule has 0 saturated heterocycles. The smallest absolute Gasteiger partial charge is 0.444 e. The summed E-state index contributed by atoms with van der Waals surface area (Å²) < 4.78 is 78.0. The van der Waals surface area contributed by atoms with E-state index in [1.54, 1.807) is 0 Å². The molecule has 0 aliphatic heterocycles. The summed E-state index contributed by atoms with van der Waals surface area (Å²) >= 11 is 0. The number of nitrogens with zero attached hydrogens (tertiary/aromatic N) is 1. The van der Waals surface area contributed by atoms with E-state index < -0.39 is 55.1 Å². The first-order valence-corrected chi connectivity index (χ1v) is 7.00. The zero-order valence-electron chi connectivity index (χ0n) is 14.0. The summed E-state index contributed by atoms with van der Waals surface area (Å²) in [5.41, 5.74) is -1.09. The van der Waals surface area contributed by atoms with Gasteiger partial charge in [-0.1, -0.05) is 0 Å². The van der Waals surface area contributed by atoms with Crippen LogP contribution in [0.5, 0.6) is 0 Å². The van der Waals surface area contributed by atoms with Gasteiger partial charge in [0.15, 0.2) is 0 Å². The molecule has 3 amide bonds. The fourth-order valence-corrected chi connectivity index (χ4v) is 1.40. The molecule has 0 aromatic heterocycles. The van der Waals surface area contributed by atoms with E-state index in [4.69, 9.17) is 4.74 Å². The highest BCUT2D eigenvalue weighted by atomic mass is 19.4. The molecule has 13 heteroatoms. The van der Waals surface area contributed by atoms with Gasteiger partial charge in [-0.05, 0) is 27.7 Å². The molecule has 26 heavy (non-hydrogen) atoms. The third kappa shape index (κ3) is 8.76. The molecule has 0 bridgehead atoms. The molecule has 0 aromatic carbocycles. The molecule has 0 spiro atoms. The van der Waals surface area contributed by atoms with E-state index in [0.29, 0.717) is 4.90 Å². The van der Waals surface area contributed by atoms with E-state index in [-0.39, 0.29) is 0 Å². The largest absolute Gasteiger partial charge is 0.471 e. The Balaban J connectivity index is 5.09. The minimum absolute atomic E-state index is 0.436. The molecule has 0 aromatic rings. The third-order valence-electron chi connectivity index (χ3n) is 2.46. The van der Waals surface area contributed by atoms with Gasteiger partial charge >= 0.3 is 30.3 Å². The molecule has 1 atom stereocenters. The maximum Gasteiger partial charge on any atom is 0.471 e. The highest BCUT2D eigenvalue weighted by Gasteiger charge is 2.41. The quantitative estimate of drug-likeness (QED) is 0.549. The maximum atomic E-state index is 12.3. The second kappa shape index (κ2) is 8.45. The zero-order chi connectivity index (χ0) is 20.9. The molecule has 1 unspecified atom stereocenters. The van der Waals surface area contributed by atoms with Crippen molar-refractivity contribution in [3.05, 3.63) is 6.92 Å². The van der Waals surface area contributed by atoms with Gasteiger partial charge in [0.1, 0.15) is 11.8 Å². The van der Waals surface area contributed by atoms with Gasteiger partial charge < -0.3 is 15.4 Å². The van der Waals surface area contributed by atoms with Gasteiger partial charge in [0.25, 0.3) is 0 Å². The summed E-state index contributed by atoms with van der Waals surface area (Å²) in [5.74, 6) is -4.72. The van der Waals surface area contributed by atoms with Crippen molar-refractivity contribution in [1.82, 2.24) is 15.5 Å². The monoisotopic (exact) mass is 394 g/mol. The number of ether oxygens (including phenoxy) is 1. The van der Waals surface area contributed by atoms with Gasteiger partial charge in [-0.15, -0.1) is 0 Å². The number of rotatable bonds is 5. The first kappa shape index (κ1) is 23.8. The number of amides is 3. The molecule has 0 aliphatic carbocycles. The van der Waals surface area contributed by atoms with Crippen molar-refractivity contribution in [2.45, 2.75) is 44.9 Å². The molecule has 0 saturated carbocycles. The van der Waals surface area contributed by atoms with Crippen LogP contribution in [0.15, 0.2) is 0 Å². The highest BCUT2D eigenvalue weighted by molar-refractivity contribution is 5.83. The second-order valence-electron chi connectivity index (χ2n) is 5.91. The minimum atomic E-state index is -5.26. The molecule has 0 rings (SSSR count). The SMILES string of the molecule is [CH2]C(NC(=O)C(F)(F)F)N(CCNC(=O)C(F)(F)F)C(=O)OC(C)(C)C. The van der Waals surface area contributed by atoms with Crippen LogP contribution in [-0.2, 0) is 14.3 Å². The zero-order valence-corrected chi connectivity index (χ0v) is 14.0. The normalized spacial score (nSPS) is 13.6. The standard InChI is InChI=1S/C13H18F6N3O4/c1-7(21-9(24)13(17,18)19)22(10(25)26-11(2,3)4)6-5-20-8(23)12(14,15)16/h7H,1,5-6H2,2-4H3,(H,20,23)(H,21,24). The number of carbonyl (C=O) groups excluding carboxylic acids is 3. The minimum Gasteiger partial charge on any atom is -0.444 e. The summed E-state index contributed by atoms with van der Waals surface area (Å²) in [7, 11) is 0. The van der Waals surface area contributed by atoms with Crippen LogP contribution in [-0.4, -0.2) is 60.0 Å². The molecule has 0 fully saturated rings. The van der Waals surface area contributed by atoms with Gasteiger partial charge in [0, 0.05) is 13.1 Å². The average molecular weight is 394 g/mol. The molecule has 0 aliphatic rings. The van der Waals surface area contributed by atoms with E-state index in [1.165, 1.54) is 31.4 Å². The summed E-state index contributed by atoms with van der Waals surface area (Å²) in [6.45, 7) is 5.96. The van der Waals surface area contributed by atoms with Crippen LogP contribution in [0, 0.1) is 6.92 Å². The fraction of sp³-hybridized carbons (Fsp3) is 0.692. The van der Waals surface area contributed by atoms with E-state index in [1.807, 2.05) is 0 Å². The van der Waals surface area contributed by atoms with Crippen molar-refractivity contribution >= 4 is 17.9 Å². The van der Waals surface area contributed by atoms with Crippen molar-refractivity contribution in [2.24, 2.45) is 0 Å². The van der Waals surface area contributed by atoms with Crippen molar-refractivity contribution in [1.29, 1.82) is 0 Å². The lowest BCUT2D eigenvalue weighted by atomic mass is 10.2. The summed E-state index contributed by atoms with van der Waals surface area (Å²) in [5, 5.41) is 2.80. The molecule has 2 N–H and O–H groups in total. The second-order valence-corrected chi connectivity index (χ2v) is 5.91. The van der Waals surface area contributed by atoms with E-state index in [0.717, 1.165) is 0 Å². The first-order valence-electron chi connectivity index (χ1n) is 7.00. The van der Waals surface area contributed by atoms with Crippen molar-refractivity contribution in [3.8, 4) is 0 Å². The lowest BCUT2D eigenvalue weighted by Gasteiger charge is -2.32. The fourth-order valence-electron chi connectivity index (χ4n) is 1.40. The average Bonchev–Trinajstić information content (AvgIpc) is 2.38. The Bertz CT molecular complexity index is 527. The van der Waals surface area contributed by atoms with Gasteiger partial charge in [-0.2, -0.15) is 26.3 Å². The van der Waals surface area contributed by atoms with Gasteiger partial charge in [-0.25, -0.2) is 4.79 Å².